The van der Waals surface area contributed by atoms with Crippen molar-refractivity contribution >= 4 is 10.2 Å². The summed E-state index contributed by atoms with van der Waals surface area (Å²) in [6, 6.07) is 0. The highest BCUT2D eigenvalue weighted by molar-refractivity contribution is 7.87. The SMILES string of the molecule is CCNS(=O)(=O)NCC1CNCCC1C. The van der Waals surface area contributed by atoms with E-state index in [0.29, 0.717) is 24.9 Å². The van der Waals surface area contributed by atoms with Crippen LogP contribution in [0.4, 0.5) is 0 Å². The quantitative estimate of drug-likeness (QED) is 0.611. The van der Waals surface area contributed by atoms with Crippen molar-refractivity contribution < 1.29 is 8.42 Å². The third kappa shape index (κ3) is 4.46. The summed E-state index contributed by atoms with van der Waals surface area (Å²) >= 11 is 0. The Hall–Kier alpha value is -0.170. The monoisotopic (exact) mass is 235 g/mol. The van der Waals surface area contributed by atoms with Gasteiger partial charge in [0.25, 0.3) is 10.2 Å². The van der Waals surface area contributed by atoms with E-state index in [1.54, 1.807) is 6.92 Å². The van der Waals surface area contributed by atoms with Gasteiger partial charge in [-0.2, -0.15) is 8.42 Å². The molecule has 0 spiro atoms. The normalized spacial score (nSPS) is 27.9. The van der Waals surface area contributed by atoms with E-state index in [2.05, 4.69) is 21.7 Å². The summed E-state index contributed by atoms with van der Waals surface area (Å²) in [5, 5.41) is 3.28. The van der Waals surface area contributed by atoms with E-state index >= 15 is 0 Å². The minimum absolute atomic E-state index is 0.396. The molecule has 5 nitrogen and oxygen atoms in total. The van der Waals surface area contributed by atoms with Gasteiger partial charge in [-0.1, -0.05) is 13.8 Å². The molecule has 90 valence electrons. The first kappa shape index (κ1) is 12.9. The van der Waals surface area contributed by atoms with E-state index in [1.165, 1.54) is 0 Å². The van der Waals surface area contributed by atoms with Crippen LogP contribution in [0, 0.1) is 11.8 Å². The van der Waals surface area contributed by atoms with Crippen molar-refractivity contribution in [2.24, 2.45) is 11.8 Å². The molecule has 1 rings (SSSR count). The molecule has 6 heteroatoms. The summed E-state index contributed by atoms with van der Waals surface area (Å²) in [5.74, 6) is 0.975. The number of piperidine rings is 1. The van der Waals surface area contributed by atoms with Crippen LogP contribution in [0.1, 0.15) is 20.3 Å². The maximum absolute atomic E-state index is 11.3. The first-order valence-corrected chi connectivity index (χ1v) is 6.98. The largest absolute Gasteiger partial charge is 0.316 e. The Morgan fingerprint density at radius 2 is 2.13 bits per heavy atom. The van der Waals surface area contributed by atoms with Crippen LogP contribution in [-0.4, -0.2) is 34.6 Å². The van der Waals surface area contributed by atoms with Gasteiger partial charge in [-0.25, -0.2) is 9.44 Å². The van der Waals surface area contributed by atoms with Crippen molar-refractivity contribution in [2.45, 2.75) is 20.3 Å². The van der Waals surface area contributed by atoms with Gasteiger partial charge in [0.2, 0.25) is 0 Å². The van der Waals surface area contributed by atoms with Gasteiger partial charge < -0.3 is 5.32 Å². The summed E-state index contributed by atoms with van der Waals surface area (Å²) in [6.07, 6.45) is 1.12. The topological polar surface area (TPSA) is 70.2 Å². The van der Waals surface area contributed by atoms with Crippen molar-refractivity contribution in [3.05, 3.63) is 0 Å². The van der Waals surface area contributed by atoms with Gasteiger partial charge in [-0.3, -0.25) is 0 Å². The van der Waals surface area contributed by atoms with Crippen molar-refractivity contribution in [1.29, 1.82) is 0 Å². The van der Waals surface area contributed by atoms with Crippen molar-refractivity contribution in [3.63, 3.8) is 0 Å². The molecule has 1 aliphatic rings. The molecule has 0 aliphatic carbocycles. The zero-order valence-corrected chi connectivity index (χ0v) is 10.2. The molecule has 0 saturated carbocycles. The van der Waals surface area contributed by atoms with Crippen LogP contribution in [-0.2, 0) is 10.2 Å². The average Bonchev–Trinajstić information content (AvgIpc) is 2.16. The van der Waals surface area contributed by atoms with E-state index in [-0.39, 0.29) is 0 Å². The second kappa shape index (κ2) is 5.79. The smallest absolute Gasteiger partial charge is 0.276 e. The van der Waals surface area contributed by atoms with E-state index in [4.69, 9.17) is 0 Å². The second-order valence-corrected chi connectivity index (χ2v) is 5.66. The van der Waals surface area contributed by atoms with E-state index < -0.39 is 10.2 Å². The van der Waals surface area contributed by atoms with Gasteiger partial charge in [0.15, 0.2) is 0 Å². The molecule has 1 heterocycles. The van der Waals surface area contributed by atoms with Crippen molar-refractivity contribution in [1.82, 2.24) is 14.8 Å². The Labute approximate surface area is 92.2 Å². The molecule has 0 aromatic carbocycles. The Morgan fingerprint density at radius 3 is 2.73 bits per heavy atom. The van der Waals surface area contributed by atoms with Crippen LogP contribution in [0.25, 0.3) is 0 Å². The van der Waals surface area contributed by atoms with Crippen LogP contribution < -0.4 is 14.8 Å². The van der Waals surface area contributed by atoms with Gasteiger partial charge in [0.05, 0.1) is 0 Å². The summed E-state index contributed by atoms with van der Waals surface area (Å²) in [7, 11) is -3.28. The molecule has 0 aromatic rings. The Bertz CT molecular complexity index is 279. The van der Waals surface area contributed by atoms with Gasteiger partial charge in [0, 0.05) is 13.1 Å². The maximum Gasteiger partial charge on any atom is 0.276 e. The van der Waals surface area contributed by atoms with Crippen molar-refractivity contribution in [2.75, 3.05) is 26.2 Å². The fraction of sp³-hybridized carbons (Fsp3) is 1.00. The predicted molar refractivity (Wildman–Crippen MR) is 60.7 cm³/mol. The third-order valence-electron chi connectivity index (χ3n) is 2.86. The Balaban J connectivity index is 2.35. The van der Waals surface area contributed by atoms with Crippen LogP contribution in [0.2, 0.25) is 0 Å². The van der Waals surface area contributed by atoms with E-state index in [1.807, 2.05) is 0 Å². The molecule has 1 fully saturated rings. The highest BCUT2D eigenvalue weighted by atomic mass is 32.2. The average molecular weight is 235 g/mol. The first-order valence-electron chi connectivity index (χ1n) is 5.50. The van der Waals surface area contributed by atoms with E-state index in [9.17, 15) is 8.42 Å². The predicted octanol–water partition coefficient (Wildman–Crippen LogP) is -0.324. The molecule has 2 atom stereocenters. The minimum atomic E-state index is -3.28. The molecule has 0 aromatic heterocycles. The lowest BCUT2D eigenvalue weighted by molar-refractivity contribution is 0.275. The standard InChI is InChI=1S/C9H21N3O2S/c1-3-11-15(13,14)12-7-9-6-10-5-4-8(9)2/h8-12H,3-7H2,1-2H3. The van der Waals surface area contributed by atoms with Crippen molar-refractivity contribution in [3.8, 4) is 0 Å². The van der Waals surface area contributed by atoms with Crippen LogP contribution >= 0.6 is 0 Å². The fourth-order valence-electron chi connectivity index (χ4n) is 1.79. The molecule has 15 heavy (non-hydrogen) atoms. The lowest BCUT2D eigenvalue weighted by Crippen LogP contribution is -2.45. The van der Waals surface area contributed by atoms with Gasteiger partial charge in [0.1, 0.15) is 0 Å². The lowest BCUT2D eigenvalue weighted by Gasteiger charge is -2.29. The zero-order chi connectivity index (χ0) is 11.3. The van der Waals surface area contributed by atoms with Gasteiger partial charge in [-0.05, 0) is 31.3 Å². The second-order valence-electron chi connectivity index (χ2n) is 4.08. The highest BCUT2D eigenvalue weighted by Crippen LogP contribution is 2.17. The third-order valence-corrected chi connectivity index (χ3v) is 4.07. The summed E-state index contributed by atoms with van der Waals surface area (Å²) < 4.78 is 27.7. The molecule has 0 bridgehead atoms. The Morgan fingerprint density at radius 1 is 1.40 bits per heavy atom. The zero-order valence-electron chi connectivity index (χ0n) is 9.41. The van der Waals surface area contributed by atoms with E-state index in [0.717, 1.165) is 19.5 Å². The summed E-state index contributed by atoms with van der Waals surface area (Å²) in [4.78, 5) is 0. The summed E-state index contributed by atoms with van der Waals surface area (Å²) in [5.41, 5.74) is 0. The number of hydrogen-bond acceptors (Lipinski definition) is 3. The molecule has 1 aliphatic heterocycles. The molecule has 2 unspecified atom stereocenters. The number of rotatable bonds is 5. The highest BCUT2D eigenvalue weighted by Gasteiger charge is 2.22. The fourth-order valence-corrected chi connectivity index (χ4v) is 2.70. The number of nitrogens with one attached hydrogen (secondary N) is 3. The Kier molecular flexibility index (Phi) is 4.98. The van der Waals surface area contributed by atoms with Crippen LogP contribution in [0.15, 0.2) is 0 Å². The molecular weight excluding hydrogens is 214 g/mol. The first-order chi connectivity index (χ1) is 7.05. The number of hydrogen-bond donors (Lipinski definition) is 3. The van der Waals surface area contributed by atoms with Gasteiger partial charge in [-0.15, -0.1) is 0 Å². The van der Waals surface area contributed by atoms with Crippen LogP contribution in [0.5, 0.6) is 0 Å². The maximum atomic E-state index is 11.3. The molecule has 3 N–H and O–H groups in total. The van der Waals surface area contributed by atoms with Crippen LogP contribution in [0.3, 0.4) is 0 Å². The minimum Gasteiger partial charge on any atom is -0.316 e. The summed E-state index contributed by atoms with van der Waals surface area (Å²) in [6.45, 7) is 6.82. The molecule has 1 saturated heterocycles. The lowest BCUT2D eigenvalue weighted by atomic mass is 9.88. The molecular formula is C9H21N3O2S. The van der Waals surface area contributed by atoms with Gasteiger partial charge >= 0.3 is 0 Å². The molecule has 0 radical (unpaired) electrons. The molecule has 0 amide bonds.